The number of hydrogen-bond donors (Lipinski definition) is 0. The Morgan fingerprint density at radius 2 is 1.50 bits per heavy atom. The van der Waals surface area contributed by atoms with Gasteiger partial charge in [0.1, 0.15) is 5.75 Å². The van der Waals surface area contributed by atoms with Crippen molar-refractivity contribution in [1.82, 2.24) is 4.90 Å². The summed E-state index contributed by atoms with van der Waals surface area (Å²) in [6.07, 6.45) is 0.664. The summed E-state index contributed by atoms with van der Waals surface area (Å²) in [5.74, 6) is 0.313. The first-order valence-corrected chi connectivity index (χ1v) is 7.28. The third-order valence-electron chi connectivity index (χ3n) is 4.02. The molecule has 2 amide bonds. The van der Waals surface area contributed by atoms with Gasteiger partial charge in [-0.25, -0.2) is 0 Å². The SMILES string of the molecule is CCC(c1ccc(OC)cc1)N1C(=O)c2ccccc2C1=O. The normalized spacial score (nSPS) is 14.9. The molecule has 0 saturated carbocycles. The quantitative estimate of drug-likeness (QED) is 0.812. The monoisotopic (exact) mass is 295 g/mol. The second-order valence-electron chi connectivity index (χ2n) is 5.22. The molecule has 2 aromatic carbocycles. The number of nitrogens with zero attached hydrogens (tertiary/aromatic N) is 1. The summed E-state index contributed by atoms with van der Waals surface area (Å²) in [4.78, 5) is 26.5. The van der Waals surface area contributed by atoms with Crippen molar-refractivity contribution in [2.24, 2.45) is 0 Å². The standard InChI is InChI=1S/C18H17NO3/c1-3-16(12-8-10-13(22-2)11-9-12)19-17(20)14-6-4-5-7-15(14)18(19)21/h4-11,16H,3H2,1-2H3. The van der Waals surface area contributed by atoms with E-state index in [9.17, 15) is 9.59 Å². The molecule has 1 aliphatic heterocycles. The highest BCUT2D eigenvalue weighted by atomic mass is 16.5. The summed E-state index contributed by atoms with van der Waals surface area (Å²) in [5.41, 5.74) is 1.90. The summed E-state index contributed by atoms with van der Waals surface area (Å²) in [7, 11) is 1.61. The lowest BCUT2D eigenvalue weighted by molar-refractivity contribution is 0.0578. The smallest absolute Gasteiger partial charge is 0.262 e. The molecule has 2 aromatic rings. The maximum atomic E-state index is 12.6. The molecule has 1 unspecified atom stereocenters. The van der Waals surface area contributed by atoms with E-state index in [-0.39, 0.29) is 17.9 Å². The van der Waals surface area contributed by atoms with Crippen molar-refractivity contribution in [2.45, 2.75) is 19.4 Å². The number of carbonyl (C=O) groups is 2. The van der Waals surface area contributed by atoms with E-state index in [4.69, 9.17) is 4.74 Å². The van der Waals surface area contributed by atoms with Crippen LogP contribution >= 0.6 is 0 Å². The van der Waals surface area contributed by atoms with Crippen molar-refractivity contribution in [1.29, 1.82) is 0 Å². The number of carbonyl (C=O) groups excluding carboxylic acids is 2. The zero-order chi connectivity index (χ0) is 15.7. The Morgan fingerprint density at radius 1 is 0.955 bits per heavy atom. The Kier molecular flexibility index (Phi) is 3.67. The third kappa shape index (κ3) is 2.17. The minimum atomic E-state index is -0.265. The number of fused-ring (bicyclic) bond motifs is 1. The van der Waals surface area contributed by atoms with Crippen molar-refractivity contribution >= 4 is 11.8 Å². The van der Waals surface area contributed by atoms with Gasteiger partial charge in [-0.15, -0.1) is 0 Å². The van der Waals surface area contributed by atoms with E-state index < -0.39 is 0 Å². The molecule has 1 atom stereocenters. The molecule has 4 nitrogen and oxygen atoms in total. The number of benzene rings is 2. The van der Waals surface area contributed by atoms with Crippen molar-refractivity contribution in [3.8, 4) is 5.75 Å². The molecule has 22 heavy (non-hydrogen) atoms. The molecular formula is C18H17NO3. The van der Waals surface area contributed by atoms with Gasteiger partial charge in [-0.3, -0.25) is 14.5 Å². The van der Waals surface area contributed by atoms with Crippen molar-refractivity contribution < 1.29 is 14.3 Å². The van der Waals surface area contributed by atoms with Crippen molar-refractivity contribution in [3.05, 3.63) is 65.2 Å². The fourth-order valence-electron chi connectivity index (χ4n) is 2.88. The summed E-state index contributed by atoms with van der Waals surface area (Å²) in [6.45, 7) is 1.97. The van der Waals surface area contributed by atoms with Gasteiger partial charge in [-0.1, -0.05) is 31.2 Å². The van der Waals surface area contributed by atoms with Crippen LogP contribution in [0.4, 0.5) is 0 Å². The van der Waals surface area contributed by atoms with E-state index in [1.54, 1.807) is 31.4 Å². The predicted molar refractivity (Wildman–Crippen MR) is 83.0 cm³/mol. The van der Waals surface area contributed by atoms with Crippen LogP contribution in [-0.2, 0) is 0 Å². The summed E-state index contributed by atoms with van der Waals surface area (Å²) >= 11 is 0. The molecule has 0 spiro atoms. The van der Waals surface area contributed by atoms with Gasteiger partial charge >= 0.3 is 0 Å². The Labute approximate surface area is 129 Å². The molecule has 0 N–H and O–H groups in total. The van der Waals surface area contributed by atoms with E-state index in [1.807, 2.05) is 31.2 Å². The molecule has 0 fully saturated rings. The molecule has 0 bridgehead atoms. The van der Waals surface area contributed by atoms with Crippen LogP contribution in [0.3, 0.4) is 0 Å². The average molecular weight is 295 g/mol. The molecule has 0 radical (unpaired) electrons. The fraction of sp³-hybridized carbons (Fsp3) is 0.222. The van der Waals surface area contributed by atoms with Crippen LogP contribution in [0.1, 0.15) is 45.7 Å². The minimum absolute atomic E-state index is 0.219. The molecule has 0 saturated heterocycles. The van der Waals surface area contributed by atoms with Crippen LogP contribution < -0.4 is 4.74 Å². The van der Waals surface area contributed by atoms with Crippen LogP contribution in [0.2, 0.25) is 0 Å². The fourth-order valence-corrected chi connectivity index (χ4v) is 2.88. The van der Waals surface area contributed by atoms with Gasteiger partial charge in [0.15, 0.2) is 0 Å². The van der Waals surface area contributed by atoms with Crippen LogP contribution in [0, 0.1) is 0 Å². The maximum absolute atomic E-state index is 12.6. The Balaban J connectivity index is 1.98. The maximum Gasteiger partial charge on any atom is 0.262 e. The first-order chi connectivity index (χ1) is 10.7. The first-order valence-electron chi connectivity index (χ1n) is 7.28. The van der Waals surface area contributed by atoms with Gasteiger partial charge < -0.3 is 4.74 Å². The van der Waals surface area contributed by atoms with Gasteiger partial charge in [0.2, 0.25) is 0 Å². The molecule has 3 rings (SSSR count). The Bertz CT molecular complexity index is 686. The van der Waals surface area contributed by atoms with Crippen LogP contribution in [0.5, 0.6) is 5.75 Å². The number of rotatable bonds is 4. The van der Waals surface area contributed by atoms with E-state index in [2.05, 4.69) is 0 Å². The highest BCUT2D eigenvalue weighted by molar-refractivity contribution is 6.21. The van der Waals surface area contributed by atoms with Gasteiger partial charge in [0, 0.05) is 0 Å². The molecule has 0 aliphatic carbocycles. The largest absolute Gasteiger partial charge is 0.497 e. The lowest BCUT2D eigenvalue weighted by atomic mass is 10.0. The lowest BCUT2D eigenvalue weighted by Crippen LogP contribution is -2.33. The molecule has 112 valence electrons. The Hall–Kier alpha value is -2.62. The van der Waals surface area contributed by atoms with E-state index in [1.165, 1.54) is 4.90 Å². The average Bonchev–Trinajstić information content (AvgIpc) is 2.82. The summed E-state index contributed by atoms with van der Waals surface area (Å²) in [6, 6.07) is 14.2. The second-order valence-corrected chi connectivity index (χ2v) is 5.22. The third-order valence-corrected chi connectivity index (χ3v) is 4.02. The summed E-state index contributed by atoms with van der Waals surface area (Å²) in [5, 5.41) is 0. The van der Waals surface area contributed by atoms with Gasteiger partial charge in [-0.05, 0) is 36.2 Å². The van der Waals surface area contributed by atoms with E-state index in [0.29, 0.717) is 17.5 Å². The highest BCUT2D eigenvalue weighted by Gasteiger charge is 2.39. The lowest BCUT2D eigenvalue weighted by Gasteiger charge is -2.25. The van der Waals surface area contributed by atoms with Crippen LogP contribution in [0.15, 0.2) is 48.5 Å². The number of amides is 2. The van der Waals surface area contributed by atoms with Gasteiger partial charge in [-0.2, -0.15) is 0 Å². The van der Waals surface area contributed by atoms with E-state index >= 15 is 0 Å². The number of imide groups is 1. The molecule has 4 heteroatoms. The second kappa shape index (κ2) is 5.64. The molecular weight excluding hydrogens is 278 g/mol. The summed E-state index contributed by atoms with van der Waals surface area (Å²) < 4.78 is 5.15. The minimum Gasteiger partial charge on any atom is -0.497 e. The zero-order valence-electron chi connectivity index (χ0n) is 12.6. The zero-order valence-corrected chi connectivity index (χ0v) is 12.6. The van der Waals surface area contributed by atoms with E-state index in [0.717, 1.165) is 11.3 Å². The van der Waals surface area contributed by atoms with Gasteiger partial charge in [0.05, 0.1) is 24.3 Å². The Morgan fingerprint density at radius 3 is 1.95 bits per heavy atom. The van der Waals surface area contributed by atoms with Crippen LogP contribution in [0.25, 0.3) is 0 Å². The number of methoxy groups -OCH3 is 1. The van der Waals surface area contributed by atoms with Crippen molar-refractivity contribution in [2.75, 3.05) is 7.11 Å². The molecule has 0 aromatic heterocycles. The number of hydrogen-bond acceptors (Lipinski definition) is 3. The number of ether oxygens (including phenoxy) is 1. The first kappa shape index (κ1) is 14.3. The van der Waals surface area contributed by atoms with Gasteiger partial charge in [0.25, 0.3) is 11.8 Å². The molecule has 1 heterocycles. The topological polar surface area (TPSA) is 46.6 Å². The molecule has 1 aliphatic rings. The highest BCUT2D eigenvalue weighted by Crippen LogP contribution is 2.33. The predicted octanol–water partition coefficient (Wildman–Crippen LogP) is 3.44. The van der Waals surface area contributed by atoms with Crippen LogP contribution in [-0.4, -0.2) is 23.8 Å². The van der Waals surface area contributed by atoms with Crippen molar-refractivity contribution in [3.63, 3.8) is 0 Å².